The summed E-state index contributed by atoms with van der Waals surface area (Å²) in [5.74, 6) is -0.103. The quantitative estimate of drug-likeness (QED) is 0.447. The second-order valence-electron chi connectivity index (χ2n) is 8.55. The predicted molar refractivity (Wildman–Crippen MR) is 125 cm³/mol. The van der Waals surface area contributed by atoms with Crippen LogP contribution < -0.4 is 10.6 Å². The molecule has 33 heavy (non-hydrogen) atoms. The van der Waals surface area contributed by atoms with Crippen LogP contribution in [-0.2, 0) is 16.6 Å². The van der Waals surface area contributed by atoms with Crippen LogP contribution in [-0.4, -0.2) is 42.7 Å². The summed E-state index contributed by atoms with van der Waals surface area (Å²) in [7, 11) is -3.78. The van der Waals surface area contributed by atoms with Gasteiger partial charge in [0, 0.05) is 37.3 Å². The highest BCUT2D eigenvalue weighted by Gasteiger charge is 2.28. The Hall–Kier alpha value is -2.98. The Balaban J connectivity index is 1.46. The number of carbonyl (C=O) groups excluding carboxylic acids is 1. The van der Waals surface area contributed by atoms with E-state index in [0.717, 1.165) is 50.2 Å². The fraction of sp³-hybridized carbons (Fsp3) is 0.435. The molecule has 1 amide bonds. The lowest BCUT2D eigenvalue weighted by atomic mass is 10.1. The molecule has 176 valence electrons. The SMILES string of the molecule is O=C(NC1CC1)c1ccc(CNc2ccc(S(=O)(=O)N3CCCCCC3)cc2[N+](=O)[O-])cc1. The van der Waals surface area contributed by atoms with Crippen molar-refractivity contribution in [1.29, 1.82) is 0 Å². The Labute approximate surface area is 193 Å². The summed E-state index contributed by atoms with van der Waals surface area (Å²) >= 11 is 0. The Bertz CT molecular complexity index is 1120. The van der Waals surface area contributed by atoms with Crippen LogP contribution >= 0.6 is 0 Å². The van der Waals surface area contributed by atoms with Gasteiger partial charge in [-0.3, -0.25) is 14.9 Å². The minimum absolute atomic E-state index is 0.0623. The van der Waals surface area contributed by atoms with Gasteiger partial charge in [-0.1, -0.05) is 25.0 Å². The standard InChI is InChI=1S/C23H28N4O5S/c28-23(25-19-9-10-19)18-7-5-17(6-8-18)16-24-21-12-11-20(15-22(21)27(29)30)33(31,32)26-13-3-1-2-4-14-26/h5-8,11-12,15,19,24H,1-4,9-10,13-14,16H2,(H,25,28). The van der Waals surface area contributed by atoms with Crippen LogP contribution in [0.5, 0.6) is 0 Å². The normalized spacial score (nSPS) is 17.2. The molecule has 1 aliphatic carbocycles. The summed E-state index contributed by atoms with van der Waals surface area (Å²) < 4.78 is 27.5. The second kappa shape index (κ2) is 9.88. The maximum Gasteiger partial charge on any atom is 0.293 e. The van der Waals surface area contributed by atoms with Gasteiger partial charge in [0.05, 0.1) is 9.82 Å². The molecule has 2 aliphatic rings. The minimum Gasteiger partial charge on any atom is -0.375 e. The van der Waals surface area contributed by atoms with E-state index < -0.39 is 14.9 Å². The second-order valence-corrected chi connectivity index (χ2v) is 10.5. The number of nitrogens with one attached hydrogen (secondary N) is 2. The molecule has 0 radical (unpaired) electrons. The van der Waals surface area contributed by atoms with Crippen LogP contribution in [0.3, 0.4) is 0 Å². The fourth-order valence-electron chi connectivity index (χ4n) is 3.87. The van der Waals surface area contributed by atoms with E-state index in [-0.39, 0.29) is 28.2 Å². The highest BCUT2D eigenvalue weighted by Crippen LogP contribution is 2.30. The van der Waals surface area contributed by atoms with E-state index in [1.54, 1.807) is 24.3 Å². The van der Waals surface area contributed by atoms with Gasteiger partial charge in [0.1, 0.15) is 5.69 Å². The van der Waals surface area contributed by atoms with E-state index in [4.69, 9.17) is 0 Å². The molecule has 0 unspecified atom stereocenters. The number of rotatable bonds is 8. The first-order valence-corrected chi connectivity index (χ1v) is 12.7. The number of hydrogen-bond acceptors (Lipinski definition) is 6. The maximum absolute atomic E-state index is 13.0. The van der Waals surface area contributed by atoms with Crippen molar-refractivity contribution < 1.29 is 18.1 Å². The average Bonchev–Trinajstić information content (AvgIpc) is 3.64. The van der Waals surface area contributed by atoms with E-state index in [9.17, 15) is 23.3 Å². The van der Waals surface area contributed by atoms with Crippen molar-refractivity contribution in [2.75, 3.05) is 18.4 Å². The lowest BCUT2D eigenvalue weighted by Gasteiger charge is -2.20. The summed E-state index contributed by atoms with van der Waals surface area (Å²) in [6.07, 6.45) is 5.60. The topological polar surface area (TPSA) is 122 Å². The predicted octanol–water partition coefficient (Wildman–Crippen LogP) is 3.66. The molecule has 2 fully saturated rings. The van der Waals surface area contributed by atoms with E-state index in [2.05, 4.69) is 10.6 Å². The Morgan fingerprint density at radius 2 is 1.70 bits per heavy atom. The van der Waals surface area contributed by atoms with Crippen molar-refractivity contribution in [3.8, 4) is 0 Å². The van der Waals surface area contributed by atoms with Gasteiger partial charge in [0.25, 0.3) is 11.6 Å². The maximum atomic E-state index is 13.0. The minimum atomic E-state index is -3.78. The highest BCUT2D eigenvalue weighted by molar-refractivity contribution is 7.89. The van der Waals surface area contributed by atoms with Crippen LogP contribution in [0.15, 0.2) is 47.4 Å². The fourth-order valence-corrected chi connectivity index (χ4v) is 5.41. The van der Waals surface area contributed by atoms with Gasteiger partial charge >= 0.3 is 0 Å². The van der Waals surface area contributed by atoms with Crippen molar-refractivity contribution in [3.63, 3.8) is 0 Å². The first-order valence-electron chi connectivity index (χ1n) is 11.3. The molecule has 0 aromatic heterocycles. The molecule has 1 heterocycles. The number of carbonyl (C=O) groups is 1. The average molecular weight is 473 g/mol. The lowest BCUT2D eigenvalue weighted by molar-refractivity contribution is -0.384. The highest BCUT2D eigenvalue weighted by atomic mass is 32.2. The van der Waals surface area contributed by atoms with Crippen molar-refractivity contribution >= 4 is 27.3 Å². The first kappa shape index (κ1) is 23.2. The van der Waals surface area contributed by atoms with Gasteiger partial charge in [-0.15, -0.1) is 0 Å². The van der Waals surface area contributed by atoms with Crippen LogP contribution in [0.1, 0.15) is 54.4 Å². The number of nitro benzene ring substituents is 1. The van der Waals surface area contributed by atoms with Crippen LogP contribution in [0.4, 0.5) is 11.4 Å². The molecular formula is C23H28N4O5S. The zero-order valence-electron chi connectivity index (χ0n) is 18.3. The molecule has 2 N–H and O–H groups in total. The summed E-state index contributed by atoms with van der Waals surface area (Å²) in [6, 6.07) is 11.3. The zero-order chi connectivity index (χ0) is 23.4. The van der Waals surface area contributed by atoms with E-state index in [0.29, 0.717) is 25.2 Å². The first-order chi connectivity index (χ1) is 15.8. The molecule has 4 rings (SSSR count). The molecule has 9 nitrogen and oxygen atoms in total. The number of benzene rings is 2. The summed E-state index contributed by atoms with van der Waals surface area (Å²) in [5, 5.41) is 17.6. The van der Waals surface area contributed by atoms with Crippen molar-refractivity contribution in [2.24, 2.45) is 0 Å². The summed E-state index contributed by atoms with van der Waals surface area (Å²) in [4.78, 5) is 23.1. The number of sulfonamides is 1. The third-order valence-electron chi connectivity index (χ3n) is 5.98. The number of hydrogen-bond donors (Lipinski definition) is 2. The molecule has 0 spiro atoms. The van der Waals surface area contributed by atoms with Gasteiger partial charge in [-0.25, -0.2) is 8.42 Å². The van der Waals surface area contributed by atoms with Crippen molar-refractivity contribution in [2.45, 2.75) is 56.0 Å². The molecule has 0 atom stereocenters. The van der Waals surface area contributed by atoms with E-state index >= 15 is 0 Å². The summed E-state index contributed by atoms with van der Waals surface area (Å²) in [5.41, 5.74) is 1.37. The number of nitro groups is 1. The molecule has 10 heteroatoms. The third kappa shape index (κ3) is 5.69. The van der Waals surface area contributed by atoms with Gasteiger partial charge in [0.15, 0.2) is 0 Å². The molecular weight excluding hydrogens is 444 g/mol. The van der Waals surface area contributed by atoms with Crippen LogP contribution in [0.25, 0.3) is 0 Å². The van der Waals surface area contributed by atoms with Crippen LogP contribution in [0.2, 0.25) is 0 Å². The largest absolute Gasteiger partial charge is 0.375 e. The Morgan fingerprint density at radius 3 is 2.30 bits per heavy atom. The van der Waals surface area contributed by atoms with Gasteiger partial charge in [0.2, 0.25) is 10.0 Å². The third-order valence-corrected chi connectivity index (χ3v) is 7.87. The van der Waals surface area contributed by atoms with Gasteiger partial charge < -0.3 is 10.6 Å². The number of nitrogens with zero attached hydrogens (tertiary/aromatic N) is 2. The molecule has 1 saturated carbocycles. The van der Waals surface area contributed by atoms with Gasteiger partial charge in [-0.05, 0) is 55.5 Å². The van der Waals surface area contributed by atoms with Crippen molar-refractivity contribution in [1.82, 2.24) is 9.62 Å². The zero-order valence-corrected chi connectivity index (χ0v) is 19.1. The smallest absolute Gasteiger partial charge is 0.293 e. The van der Waals surface area contributed by atoms with Crippen molar-refractivity contribution in [3.05, 3.63) is 63.7 Å². The van der Waals surface area contributed by atoms with Crippen LogP contribution in [0, 0.1) is 10.1 Å². The lowest BCUT2D eigenvalue weighted by Crippen LogP contribution is -2.32. The number of amides is 1. The summed E-state index contributed by atoms with van der Waals surface area (Å²) in [6.45, 7) is 1.17. The monoisotopic (exact) mass is 472 g/mol. The number of anilines is 1. The molecule has 1 aliphatic heterocycles. The Kier molecular flexibility index (Phi) is 6.94. The van der Waals surface area contributed by atoms with E-state index in [1.807, 2.05) is 0 Å². The van der Waals surface area contributed by atoms with Gasteiger partial charge in [-0.2, -0.15) is 4.31 Å². The molecule has 0 bridgehead atoms. The molecule has 1 saturated heterocycles. The Morgan fingerprint density at radius 1 is 1.03 bits per heavy atom. The molecule has 2 aromatic rings. The molecule has 2 aromatic carbocycles. The van der Waals surface area contributed by atoms with E-state index in [1.165, 1.54) is 16.4 Å².